The highest BCUT2D eigenvalue weighted by Gasteiger charge is 2.31. The van der Waals surface area contributed by atoms with Gasteiger partial charge in [-0.05, 0) is 31.6 Å². The van der Waals surface area contributed by atoms with Crippen LogP contribution in [0.3, 0.4) is 0 Å². The standard InChI is InChI=1S/C22H34O4/c1-5-7-14-25-20(23)19(21(24)26-15-8-6-2)17-22(16-18(3)4)12-10-9-11-13-22/h9-12,17-18H,5-8,13-16H2,1-4H3. The zero-order valence-electron chi connectivity index (χ0n) is 16.8. The van der Waals surface area contributed by atoms with Crippen molar-refractivity contribution >= 4 is 11.9 Å². The van der Waals surface area contributed by atoms with Gasteiger partial charge < -0.3 is 9.47 Å². The lowest BCUT2D eigenvalue weighted by Crippen LogP contribution is -2.25. The van der Waals surface area contributed by atoms with Crippen LogP contribution in [0, 0.1) is 11.3 Å². The van der Waals surface area contributed by atoms with E-state index >= 15 is 0 Å². The fourth-order valence-electron chi connectivity index (χ4n) is 3.02. The average molecular weight is 363 g/mol. The molecule has 0 amide bonds. The van der Waals surface area contributed by atoms with Crippen LogP contribution in [0.15, 0.2) is 36.0 Å². The molecule has 0 heterocycles. The van der Waals surface area contributed by atoms with E-state index < -0.39 is 11.9 Å². The highest BCUT2D eigenvalue weighted by molar-refractivity contribution is 6.14. The molecule has 0 fully saturated rings. The molecule has 0 saturated carbocycles. The molecule has 26 heavy (non-hydrogen) atoms. The van der Waals surface area contributed by atoms with Crippen LogP contribution in [-0.4, -0.2) is 25.2 Å². The van der Waals surface area contributed by atoms with Crippen molar-refractivity contribution in [2.75, 3.05) is 13.2 Å². The van der Waals surface area contributed by atoms with E-state index in [0.29, 0.717) is 19.1 Å². The van der Waals surface area contributed by atoms with Gasteiger partial charge in [-0.15, -0.1) is 0 Å². The second kappa shape index (κ2) is 11.7. The maximum Gasteiger partial charge on any atom is 0.345 e. The minimum atomic E-state index is -0.578. The van der Waals surface area contributed by atoms with Gasteiger partial charge >= 0.3 is 11.9 Å². The van der Waals surface area contributed by atoms with Crippen molar-refractivity contribution in [1.82, 2.24) is 0 Å². The molecule has 0 aromatic heterocycles. The predicted molar refractivity (Wildman–Crippen MR) is 105 cm³/mol. The van der Waals surface area contributed by atoms with Crippen LogP contribution in [-0.2, 0) is 19.1 Å². The maximum atomic E-state index is 12.6. The van der Waals surface area contributed by atoms with E-state index in [9.17, 15) is 9.59 Å². The summed E-state index contributed by atoms with van der Waals surface area (Å²) in [5.74, 6) is -0.729. The van der Waals surface area contributed by atoms with Gasteiger partial charge in [-0.25, -0.2) is 9.59 Å². The third-order valence-electron chi connectivity index (χ3n) is 4.30. The molecule has 1 aliphatic carbocycles. The van der Waals surface area contributed by atoms with Crippen LogP contribution in [0.5, 0.6) is 0 Å². The SMILES string of the molecule is CCCCOC(=O)C(=CC1(CC(C)C)C=CC=CC1)C(=O)OCCCC. The maximum absolute atomic E-state index is 12.6. The normalized spacial score (nSPS) is 18.7. The Balaban J connectivity index is 3.07. The van der Waals surface area contributed by atoms with Crippen molar-refractivity contribution < 1.29 is 19.1 Å². The summed E-state index contributed by atoms with van der Waals surface area (Å²) < 4.78 is 10.6. The monoisotopic (exact) mass is 362 g/mol. The molecule has 0 N–H and O–H groups in total. The Bertz CT molecular complexity index is 518. The molecule has 146 valence electrons. The summed E-state index contributed by atoms with van der Waals surface area (Å²) in [6.07, 6.45) is 14.9. The van der Waals surface area contributed by atoms with Crippen molar-refractivity contribution in [3.63, 3.8) is 0 Å². The molecular formula is C22H34O4. The van der Waals surface area contributed by atoms with Gasteiger partial charge in [0.1, 0.15) is 5.57 Å². The first kappa shape index (κ1) is 22.2. The lowest BCUT2D eigenvalue weighted by Gasteiger charge is -2.30. The molecule has 0 spiro atoms. The summed E-state index contributed by atoms with van der Waals surface area (Å²) in [5, 5.41) is 0. The Kier molecular flexibility index (Phi) is 10.0. The number of carbonyl (C=O) groups excluding carboxylic acids is 2. The molecule has 4 nitrogen and oxygen atoms in total. The van der Waals surface area contributed by atoms with Crippen molar-refractivity contribution in [2.45, 2.75) is 66.2 Å². The molecular weight excluding hydrogens is 328 g/mol. The average Bonchev–Trinajstić information content (AvgIpc) is 2.60. The van der Waals surface area contributed by atoms with E-state index in [1.165, 1.54) is 0 Å². The van der Waals surface area contributed by atoms with Gasteiger partial charge in [0, 0.05) is 5.41 Å². The lowest BCUT2D eigenvalue weighted by atomic mass is 9.74. The van der Waals surface area contributed by atoms with Crippen LogP contribution in [0.2, 0.25) is 0 Å². The Morgan fingerprint density at radius 2 is 1.62 bits per heavy atom. The fourth-order valence-corrected chi connectivity index (χ4v) is 3.02. The molecule has 0 saturated heterocycles. The van der Waals surface area contributed by atoms with Gasteiger partial charge in [0.25, 0.3) is 0 Å². The van der Waals surface area contributed by atoms with Crippen molar-refractivity contribution in [2.24, 2.45) is 11.3 Å². The largest absolute Gasteiger partial charge is 0.462 e. The highest BCUT2D eigenvalue weighted by Crippen LogP contribution is 2.37. The number of carbonyl (C=O) groups is 2. The van der Waals surface area contributed by atoms with Crippen LogP contribution < -0.4 is 0 Å². The fraction of sp³-hybridized carbons (Fsp3) is 0.636. The van der Waals surface area contributed by atoms with Crippen molar-refractivity contribution in [1.29, 1.82) is 0 Å². The molecule has 0 aromatic rings. The van der Waals surface area contributed by atoms with Crippen LogP contribution in [0.4, 0.5) is 0 Å². The number of hydrogen-bond acceptors (Lipinski definition) is 4. The lowest BCUT2D eigenvalue weighted by molar-refractivity contribution is -0.147. The van der Waals surface area contributed by atoms with Gasteiger partial charge in [0.05, 0.1) is 13.2 Å². The molecule has 0 aliphatic heterocycles. The smallest absolute Gasteiger partial charge is 0.345 e. The van der Waals surface area contributed by atoms with Crippen molar-refractivity contribution in [3.8, 4) is 0 Å². The van der Waals surface area contributed by atoms with Crippen molar-refractivity contribution in [3.05, 3.63) is 36.0 Å². The van der Waals surface area contributed by atoms with E-state index in [2.05, 4.69) is 26.0 Å². The number of unbranched alkanes of at least 4 members (excludes halogenated alkanes) is 2. The molecule has 0 radical (unpaired) electrons. The Morgan fingerprint density at radius 3 is 2.04 bits per heavy atom. The van der Waals surface area contributed by atoms with E-state index in [-0.39, 0.29) is 11.0 Å². The van der Waals surface area contributed by atoms with Gasteiger partial charge in [-0.1, -0.05) is 70.9 Å². The molecule has 1 aliphatic rings. The topological polar surface area (TPSA) is 52.6 Å². The molecule has 0 bridgehead atoms. The second-order valence-electron chi connectivity index (χ2n) is 7.36. The van der Waals surface area contributed by atoms with E-state index in [4.69, 9.17) is 9.47 Å². The molecule has 4 heteroatoms. The van der Waals surface area contributed by atoms with E-state index in [1.807, 2.05) is 26.0 Å². The molecule has 1 atom stereocenters. The predicted octanol–water partition coefficient (Wildman–Crippen LogP) is 5.15. The third kappa shape index (κ3) is 7.59. The van der Waals surface area contributed by atoms with Crippen LogP contribution in [0.25, 0.3) is 0 Å². The van der Waals surface area contributed by atoms with Gasteiger partial charge in [-0.2, -0.15) is 0 Å². The molecule has 0 aromatic carbocycles. The summed E-state index contributed by atoms with van der Waals surface area (Å²) in [6, 6.07) is 0. The summed E-state index contributed by atoms with van der Waals surface area (Å²) in [6.45, 7) is 8.98. The summed E-state index contributed by atoms with van der Waals surface area (Å²) >= 11 is 0. The molecule has 1 unspecified atom stereocenters. The number of hydrogen-bond donors (Lipinski definition) is 0. The highest BCUT2D eigenvalue weighted by atomic mass is 16.6. The summed E-state index contributed by atoms with van der Waals surface area (Å²) in [4.78, 5) is 25.1. The quantitative estimate of drug-likeness (QED) is 0.168. The Hall–Kier alpha value is -1.84. The Morgan fingerprint density at radius 1 is 1.04 bits per heavy atom. The van der Waals surface area contributed by atoms with Crippen LogP contribution in [0.1, 0.15) is 66.2 Å². The van der Waals surface area contributed by atoms with Crippen LogP contribution >= 0.6 is 0 Å². The number of rotatable bonds is 11. The number of esters is 2. The van der Waals surface area contributed by atoms with E-state index in [0.717, 1.165) is 38.5 Å². The zero-order chi connectivity index (χ0) is 19.4. The second-order valence-corrected chi connectivity index (χ2v) is 7.36. The Labute approximate surface area is 158 Å². The third-order valence-corrected chi connectivity index (χ3v) is 4.30. The minimum Gasteiger partial charge on any atom is -0.462 e. The van der Waals surface area contributed by atoms with Gasteiger partial charge in [0.15, 0.2) is 0 Å². The molecule has 1 rings (SSSR count). The first-order valence-corrected chi connectivity index (χ1v) is 9.85. The number of allylic oxidation sites excluding steroid dienone is 5. The minimum absolute atomic E-state index is 0.0257. The first-order valence-electron chi connectivity index (χ1n) is 9.85. The zero-order valence-corrected chi connectivity index (χ0v) is 16.8. The van der Waals surface area contributed by atoms with Gasteiger partial charge in [0.2, 0.25) is 0 Å². The summed E-state index contributed by atoms with van der Waals surface area (Å²) in [5.41, 5.74) is -0.330. The summed E-state index contributed by atoms with van der Waals surface area (Å²) in [7, 11) is 0. The first-order chi connectivity index (χ1) is 12.4. The number of ether oxygens (including phenoxy) is 2. The van der Waals surface area contributed by atoms with Gasteiger partial charge in [-0.3, -0.25) is 0 Å². The van der Waals surface area contributed by atoms with E-state index in [1.54, 1.807) is 6.08 Å².